The first kappa shape index (κ1) is 16.0. The topological polar surface area (TPSA) is 66.4 Å². The summed E-state index contributed by atoms with van der Waals surface area (Å²) in [6, 6.07) is 8.63. The average molecular weight is 325 g/mol. The summed E-state index contributed by atoms with van der Waals surface area (Å²) in [5, 5.41) is 17.3. The SMILES string of the molecule is CCS(=O)(=O)c1ccccc1NC[C@@](C)(O)c1ccsc1. The molecule has 2 aromatic rings. The molecular formula is C15H19NO3S2. The molecule has 114 valence electrons. The standard InChI is InChI=1S/C15H19NO3S2/c1-3-21(18,19)14-7-5-4-6-13(14)16-11-15(2,17)12-8-9-20-10-12/h4-10,16-17H,3,11H2,1-2H3/t15-/m1/s1. The third-order valence-corrected chi connectivity index (χ3v) is 5.84. The second kappa shape index (κ2) is 6.17. The largest absolute Gasteiger partial charge is 0.384 e. The summed E-state index contributed by atoms with van der Waals surface area (Å²) in [4.78, 5) is 0.272. The lowest BCUT2D eigenvalue weighted by atomic mass is 9.99. The zero-order valence-electron chi connectivity index (χ0n) is 12.0. The average Bonchev–Trinajstić information content (AvgIpc) is 3.00. The highest BCUT2D eigenvalue weighted by Crippen LogP contribution is 2.26. The van der Waals surface area contributed by atoms with Crippen molar-refractivity contribution in [1.82, 2.24) is 0 Å². The Kier molecular flexibility index (Phi) is 4.70. The minimum absolute atomic E-state index is 0.0482. The van der Waals surface area contributed by atoms with Gasteiger partial charge in [0.1, 0.15) is 5.60 Å². The van der Waals surface area contributed by atoms with Crippen molar-refractivity contribution in [2.24, 2.45) is 0 Å². The number of aliphatic hydroxyl groups is 1. The van der Waals surface area contributed by atoms with Crippen LogP contribution in [-0.4, -0.2) is 25.8 Å². The molecule has 1 atom stereocenters. The molecule has 0 saturated heterocycles. The van der Waals surface area contributed by atoms with Gasteiger partial charge >= 0.3 is 0 Å². The lowest BCUT2D eigenvalue weighted by molar-refractivity contribution is 0.0719. The molecule has 0 aliphatic rings. The fourth-order valence-electron chi connectivity index (χ4n) is 1.98. The molecule has 0 radical (unpaired) electrons. The number of rotatable bonds is 6. The van der Waals surface area contributed by atoms with Gasteiger partial charge in [-0.2, -0.15) is 11.3 Å². The molecule has 6 heteroatoms. The molecule has 1 aromatic carbocycles. The summed E-state index contributed by atoms with van der Waals surface area (Å²) >= 11 is 1.52. The van der Waals surface area contributed by atoms with Crippen LogP contribution >= 0.6 is 11.3 Å². The maximum absolute atomic E-state index is 12.1. The van der Waals surface area contributed by atoms with Gasteiger partial charge in [-0.15, -0.1) is 0 Å². The van der Waals surface area contributed by atoms with Crippen molar-refractivity contribution in [3.63, 3.8) is 0 Å². The molecule has 0 unspecified atom stereocenters. The van der Waals surface area contributed by atoms with Gasteiger partial charge in [0.25, 0.3) is 0 Å². The Labute approximate surface area is 129 Å². The maximum atomic E-state index is 12.1. The zero-order valence-corrected chi connectivity index (χ0v) is 13.7. The van der Waals surface area contributed by atoms with Gasteiger partial charge in [-0.1, -0.05) is 19.1 Å². The lowest BCUT2D eigenvalue weighted by Crippen LogP contribution is -2.30. The quantitative estimate of drug-likeness (QED) is 0.857. The fraction of sp³-hybridized carbons (Fsp3) is 0.333. The highest BCUT2D eigenvalue weighted by atomic mass is 32.2. The van der Waals surface area contributed by atoms with E-state index >= 15 is 0 Å². The number of para-hydroxylation sites is 1. The van der Waals surface area contributed by atoms with E-state index in [1.807, 2.05) is 16.8 Å². The molecule has 0 saturated carbocycles. The van der Waals surface area contributed by atoms with Gasteiger partial charge in [-0.25, -0.2) is 8.42 Å². The monoisotopic (exact) mass is 325 g/mol. The molecule has 0 aliphatic heterocycles. The van der Waals surface area contributed by atoms with Gasteiger partial charge in [0, 0.05) is 6.54 Å². The molecule has 0 bridgehead atoms. The van der Waals surface area contributed by atoms with E-state index in [4.69, 9.17) is 0 Å². The van der Waals surface area contributed by atoms with Crippen LogP contribution in [0.15, 0.2) is 46.0 Å². The summed E-state index contributed by atoms with van der Waals surface area (Å²) < 4.78 is 24.1. The van der Waals surface area contributed by atoms with Crippen molar-refractivity contribution < 1.29 is 13.5 Å². The Balaban J connectivity index is 2.22. The van der Waals surface area contributed by atoms with E-state index in [-0.39, 0.29) is 17.2 Å². The molecular weight excluding hydrogens is 306 g/mol. The molecule has 2 rings (SSSR count). The number of hydrogen-bond acceptors (Lipinski definition) is 5. The van der Waals surface area contributed by atoms with Gasteiger partial charge in [0.05, 0.1) is 16.3 Å². The van der Waals surface area contributed by atoms with E-state index in [2.05, 4.69) is 5.32 Å². The van der Waals surface area contributed by atoms with Gasteiger partial charge in [0.2, 0.25) is 0 Å². The first-order valence-corrected chi connectivity index (χ1v) is 9.27. The van der Waals surface area contributed by atoms with E-state index in [0.717, 1.165) is 5.56 Å². The van der Waals surface area contributed by atoms with Gasteiger partial charge in [-0.3, -0.25) is 0 Å². The minimum atomic E-state index is -3.29. The summed E-state index contributed by atoms with van der Waals surface area (Å²) in [6.45, 7) is 3.56. The smallest absolute Gasteiger partial charge is 0.180 e. The first-order valence-electron chi connectivity index (χ1n) is 6.67. The van der Waals surface area contributed by atoms with Gasteiger partial charge in [-0.05, 0) is 41.4 Å². The predicted molar refractivity (Wildman–Crippen MR) is 86.5 cm³/mol. The van der Waals surface area contributed by atoms with Gasteiger partial charge in [0.15, 0.2) is 9.84 Å². The van der Waals surface area contributed by atoms with E-state index in [1.165, 1.54) is 11.3 Å². The Morgan fingerprint density at radius 3 is 2.62 bits per heavy atom. The highest BCUT2D eigenvalue weighted by molar-refractivity contribution is 7.91. The molecule has 21 heavy (non-hydrogen) atoms. The van der Waals surface area contributed by atoms with Crippen LogP contribution in [0.4, 0.5) is 5.69 Å². The molecule has 0 spiro atoms. The van der Waals surface area contributed by atoms with Crippen LogP contribution in [0.3, 0.4) is 0 Å². The Bertz CT molecular complexity index is 691. The molecule has 1 heterocycles. The number of anilines is 1. The zero-order chi connectivity index (χ0) is 15.5. The minimum Gasteiger partial charge on any atom is -0.384 e. The number of benzene rings is 1. The number of sulfone groups is 1. The van der Waals surface area contributed by atoms with Crippen molar-refractivity contribution in [3.05, 3.63) is 46.7 Å². The van der Waals surface area contributed by atoms with E-state index in [0.29, 0.717) is 5.69 Å². The normalized spacial score (nSPS) is 14.6. The second-order valence-corrected chi connectivity index (χ2v) is 8.07. The number of thiophene rings is 1. The van der Waals surface area contributed by atoms with Crippen molar-refractivity contribution in [2.45, 2.75) is 24.3 Å². The van der Waals surface area contributed by atoms with Crippen LogP contribution in [0.1, 0.15) is 19.4 Å². The van der Waals surface area contributed by atoms with Crippen LogP contribution in [-0.2, 0) is 15.4 Å². The molecule has 0 amide bonds. The third kappa shape index (κ3) is 3.64. The molecule has 4 nitrogen and oxygen atoms in total. The number of hydrogen-bond donors (Lipinski definition) is 2. The first-order chi connectivity index (χ1) is 9.87. The van der Waals surface area contributed by atoms with Crippen molar-refractivity contribution >= 4 is 26.9 Å². The maximum Gasteiger partial charge on any atom is 0.180 e. The Morgan fingerprint density at radius 1 is 1.29 bits per heavy atom. The second-order valence-electron chi connectivity index (χ2n) is 5.04. The third-order valence-electron chi connectivity index (χ3n) is 3.37. The summed E-state index contributed by atoms with van der Waals surface area (Å²) in [5.41, 5.74) is 0.286. The van der Waals surface area contributed by atoms with Crippen LogP contribution in [0, 0.1) is 0 Å². The van der Waals surface area contributed by atoms with Gasteiger partial charge < -0.3 is 10.4 Å². The highest BCUT2D eigenvalue weighted by Gasteiger charge is 2.24. The van der Waals surface area contributed by atoms with Crippen molar-refractivity contribution in [3.8, 4) is 0 Å². The molecule has 1 aromatic heterocycles. The van der Waals surface area contributed by atoms with E-state index < -0.39 is 15.4 Å². The summed E-state index contributed by atoms with van der Waals surface area (Å²) in [5.74, 6) is 0.0482. The predicted octanol–water partition coefficient (Wildman–Crippen LogP) is 2.86. The summed E-state index contributed by atoms with van der Waals surface area (Å²) in [6.07, 6.45) is 0. The molecule has 0 fully saturated rings. The van der Waals surface area contributed by atoms with E-state index in [1.54, 1.807) is 38.1 Å². The molecule has 2 N–H and O–H groups in total. The lowest BCUT2D eigenvalue weighted by Gasteiger charge is -2.24. The Hall–Kier alpha value is -1.37. The fourth-order valence-corrected chi connectivity index (χ4v) is 3.83. The van der Waals surface area contributed by atoms with Crippen LogP contribution in [0.5, 0.6) is 0 Å². The number of nitrogens with one attached hydrogen (secondary N) is 1. The van der Waals surface area contributed by atoms with Crippen LogP contribution in [0.25, 0.3) is 0 Å². The van der Waals surface area contributed by atoms with E-state index in [9.17, 15) is 13.5 Å². The summed E-state index contributed by atoms with van der Waals surface area (Å²) in [7, 11) is -3.29. The van der Waals surface area contributed by atoms with Crippen LogP contribution in [0.2, 0.25) is 0 Å². The Morgan fingerprint density at radius 2 is 2.00 bits per heavy atom. The van der Waals surface area contributed by atoms with Crippen LogP contribution < -0.4 is 5.32 Å². The molecule has 0 aliphatic carbocycles. The van der Waals surface area contributed by atoms with Crippen molar-refractivity contribution in [1.29, 1.82) is 0 Å². The van der Waals surface area contributed by atoms with Crippen molar-refractivity contribution in [2.75, 3.05) is 17.6 Å².